The van der Waals surface area contributed by atoms with Gasteiger partial charge >= 0.3 is 13.9 Å². The second kappa shape index (κ2) is 22.4. The van der Waals surface area contributed by atoms with Crippen LogP contribution in [0.2, 0.25) is 0 Å². The predicted octanol–water partition coefficient (Wildman–Crippen LogP) is 11.4. The monoisotopic (exact) mass is 863 g/mol. The van der Waals surface area contributed by atoms with Crippen molar-refractivity contribution in [1.29, 1.82) is 0 Å². The van der Waals surface area contributed by atoms with Crippen LogP contribution in [-0.2, 0) is 57.8 Å². The maximum Gasteiger partial charge on any atom is 0.472 e. The van der Waals surface area contributed by atoms with E-state index in [1.807, 2.05) is 182 Å². The molecule has 11 heteroatoms. The molecule has 7 aromatic carbocycles. The van der Waals surface area contributed by atoms with Crippen LogP contribution in [0, 0.1) is 0 Å². The van der Waals surface area contributed by atoms with Gasteiger partial charge in [0.25, 0.3) is 0 Å². The SMILES string of the molecule is O=C(OCc1ccccc1)N1CCc2cc(OCc3ccccc3)c(O)cc2C(c2ccc(OCc3ccccc3)cc2)C1.O=P(O)(OCc1ccccc1)OCc1ccccc1. The number of fused-ring (bicyclic) bond motifs is 1. The highest BCUT2D eigenvalue weighted by Crippen LogP contribution is 2.45. The van der Waals surface area contributed by atoms with E-state index >= 15 is 0 Å². The van der Waals surface area contributed by atoms with Gasteiger partial charge in [0.2, 0.25) is 0 Å². The van der Waals surface area contributed by atoms with Crippen LogP contribution >= 0.6 is 7.82 Å². The van der Waals surface area contributed by atoms with E-state index < -0.39 is 7.82 Å². The number of hydrogen-bond acceptors (Lipinski definition) is 8. The number of benzene rings is 7. The highest BCUT2D eigenvalue weighted by atomic mass is 31.2. The molecule has 2 N–H and O–H groups in total. The first kappa shape index (κ1) is 44.4. The molecule has 1 aliphatic heterocycles. The van der Waals surface area contributed by atoms with E-state index in [4.69, 9.17) is 23.3 Å². The van der Waals surface area contributed by atoms with Crippen LogP contribution in [0.4, 0.5) is 4.79 Å². The molecule has 63 heavy (non-hydrogen) atoms. The number of phosphoric acid groups is 1. The Kier molecular flexibility index (Phi) is 15.8. The summed E-state index contributed by atoms with van der Waals surface area (Å²) in [5, 5.41) is 11.1. The number of phenolic OH excluding ortho intramolecular Hbond substituents is 1. The van der Waals surface area contributed by atoms with Crippen molar-refractivity contribution in [1.82, 2.24) is 4.90 Å². The smallest absolute Gasteiger partial charge is 0.472 e. The molecule has 1 heterocycles. The molecule has 0 fully saturated rings. The molecule has 0 radical (unpaired) electrons. The summed E-state index contributed by atoms with van der Waals surface area (Å²) >= 11 is 0. The second-order valence-electron chi connectivity index (χ2n) is 14.9. The van der Waals surface area contributed by atoms with Crippen LogP contribution < -0.4 is 9.47 Å². The summed E-state index contributed by atoms with van der Waals surface area (Å²) < 4.78 is 39.3. The van der Waals surface area contributed by atoms with Gasteiger partial charge in [0.05, 0.1) is 13.2 Å². The van der Waals surface area contributed by atoms with Crippen molar-refractivity contribution < 1.29 is 42.6 Å². The van der Waals surface area contributed by atoms with Crippen molar-refractivity contribution in [2.24, 2.45) is 0 Å². The molecule has 322 valence electrons. The van der Waals surface area contributed by atoms with Crippen molar-refractivity contribution in [2.75, 3.05) is 13.1 Å². The van der Waals surface area contributed by atoms with Gasteiger partial charge in [0.15, 0.2) is 11.5 Å². The van der Waals surface area contributed by atoms with Crippen LogP contribution in [-0.4, -0.2) is 34.1 Å². The fraction of sp³-hybridized carbons (Fsp3) is 0.173. The zero-order valence-electron chi connectivity index (χ0n) is 34.8. The van der Waals surface area contributed by atoms with Gasteiger partial charge in [-0.1, -0.05) is 164 Å². The number of ether oxygens (including phenoxy) is 3. The third-order valence-corrected chi connectivity index (χ3v) is 11.3. The molecule has 1 aliphatic rings. The summed E-state index contributed by atoms with van der Waals surface area (Å²) in [5.74, 6) is 1.08. The third-order valence-electron chi connectivity index (χ3n) is 10.4. The Morgan fingerprint density at radius 1 is 0.571 bits per heavy atom. The number of hydrogen-bond donors (Lipinski definition) is 2. The number of carbonyl (C=O) groups excluding carboxylic acids is 1. The van der Waals surface area contributed by atoms with E-state index in [1.165, 1.54) is 0 Å². The topological polar surface area (TPSA) is 124 Å². The summed E-state index contributed by atoms with van der Waals surface area (Å²) in [6, 6.07) is 59.6. The third kappa shape index (κ3) is 13.7. The molecule has 8 rings (SSSR count). The van der Waals surface area contributed by atoms with Crippen molar-refractivity contribution in [3.63, 3.8) is 0 Å². The van der Waals surface area contributed by atoms with Gasteiger partial charge < -0.3 is 29.1 Å². The summed E-state index contributed by atoms with van der Waals surface area (Å²) in [7, 11) is -4.02. The van der Waals surface area contributed by atoms with Crippen molar-refractivity contribution in [2.45, 2.75) is 45.4 Å². The first-order chi connectivity index (χ1) is 30.8. The lowest BCUT2D eigenvalue weighted by Gasteiger charge is -2.25. The van der Waals surface area contributed by atoms with Gasteiger partial charge in [-0.05, 0) is 75.2 Å². The Bertz CT molecular complexity index is 2460. The standard InChI is InChI=1S/C38H35NO5.C14H15O4P/c40-36-23-34-32(22-37(36)43-26-29-12-6-2-7-13-29)20-21-39(38(41)44-27-30-14-8-3-9-15-30)24-35(34)31-16-18-33(19-17-31)42-25-28-10-4-1-5-11-28;15-19(16,17-11-13-7-3-1-4-8-13)18-12-14-9-5-2-6-10-14/h1-19,22-23,35,40H,20-21,24-27H2;1-10H,11-12H2,(H,15,16). The Balaban J connectivity index is 0.000000262. The molecule has 0 spiro atoms. The number of phenols is 1. The molecule has 1 atom stereocenters. The van der Waals surface area contributed by atoms with Crippen LogP contribution in [0.5, 0.6) is 17.2 Å². The second-order valence-corrected chi connectivity index (χ2v) is 16.4. The molecule has 0 saturated carbocycles. The summed E-state index contributed by atoms with van der Waals surface area (Å²) in [4.78, 5) is 24.6. The molecular weight excluding hydrogens is 814 g/mol. The van der Waals surface area contributed by atoms with Crippen LogP contribution in [0.1, 0.15) is 50.4 Å². The minimum absolute atomic E-state index is 0.0450. The first-order valence-electron chi connectivity index (χ1n) is 20.7. The van der Waals surface area contributed by atoms with E-state index in [0.717, 1.165) is 50.3 Å². The van der Waals surface area contributed by atoms with Gasteiger partial charge in [-0.3, -0.25) is 9.05 Å². The molecule has 0 aromatic heterocycles. The maximum atomic E-state index is 13.3. The lowest BCUT2D eigenvalue weighted by molar-refractivity contribution is 0.0963. The number of rotatable bonds is 15. The minimum Gasteiger partial charge on any atom is -0.504 e. The predicted molar refractivity (Wildman–Crippen MR) is 242 cm³/mol. The van der Waals surface area contributed by atoms with Gasteiger partial charge in [-0.15, -0.1) is 0 Å². The highest BCUT2D eigenvalue weighted by molar-refractivity contribution is 7.47. The quantitative estimate of drug-likeness (QED) is 0.0970. The molecule has 1 unspecified atom stereocenters. The molecular formula is C52H50NO9P. The normalized spacial score (nSPS) is 13.4. The number of nitrogens with zero attached hydrogens (tertiary/aromatic N) is 1. The lowest BCUT2D eigenvalue weighted by Crippen LogP contribution is -2.35. The van der Waals surface area contributed by atoms with Gasteiger partial charge in [-0.2, -0.15) is 0 Å². The van der Waals surface area contributed by atoms with Crippen LogP contribution in [0.3, 0.4) is 0 Å². The summed E-state index contributed by atoms with van der Waals surface area (Å²) in [6.07, 6.45) is 0.242. The first-order valence-corrected chi connectivity index (χ1v) is 22.2. The van der Waals surface area contributed by atoms with Gasteiger partial charge in [0.1, 0.15) is 25.6 Å². The minimum atomic E-state index is -4.02. The maximum absolute atomic E-state index is 13.3. The number of carbonyl (C=O) groups is 1. The van der Waals surface area contributed by atoms with Crippen molar-refractivity contribution >= 4 is 13.9 Å². The largest absolute Gasteiger partial charge is 0.504 e. The van der Waals surface area contributed by atoms with Gasteiger partial charge in [-0.25, -0.2) is 9.36 Å². The molecule has 7 aromatic rings. The fourth-order valence-corrected chi connectivity index (χ4v) is 7.68. The molecule has 1 amide bonds. The molecule has 10 nitrogen and oxygen atoms in total. The molecule has 0 saturated heterocycles. The average molecular weight is 864 g/mol. The molecule has 0 bridgehead atoms. The zero-order valence-corrected chi connectivity index (χ0v) is 35.7. The van der Waals surface area contributed by atoms with Crippen molar-refractivity contribution in [3.8, 4) is 17.2 Å². The van der Waals surface area contributed by atoms with Crippen LogP contribution in [0.25, 0.3) is 0 Å². The van der Waals surface area contributed by atoms with Crippen molar-refractivity contribution in [3.05, 3.63) is 233 Å². The average Bonchev–Trinajstić information content (AvgIpc) is 3.52. The fourth-order valence-electron chi connectivity index (χ4n) is 6.98. The van der Waals surface area contributed by atoms with Gasteiger partial charge in [0, 0.05) is 19.0 Å². The van der Waals surface area contributed by atoms with E-state index in [-0.39, 0.29) is 37.6 Å². The Morgan fingerprint density at radius 2 is 1.02 bits per heavy atom. The Morgan fingerprint density at radius 3 is 1.51 bits per heavy atom. The number of phosphoric ester groups is 1. The molecule has 0 aliphatic carbocycles. The van der Waals surface area contributed by atoms with E-state index in [9.17, 15) is 19.4 Å². The van der Waals surface area contributed by atoms with E-state index in [0.29, 0.717) is 38.5 Å². The zero-order chi connectivity index (χ0) is 43.7. The summed E-state index contributed by atoms with van der Waals surface area (Å²) in [5.41, 5.74) is 7.69. The lowest BCUT2D eigenvalue weighted by atomic mass is 9.87. The summed E-state index contributed by atoms with van der Waals surface area (Å²) in [6.45, 7) is 2.02. The number of amides is 1. The van der Waals surface area contributed by atoms with E-state index in [2.05, 4.69) is 0 Å². The number of aromatic hydroxyl groups is 1. The van der Waals surface area contributed by atoms with E-state index in [1.54, 1.807) is 11.0 Å². The Labute approximate surface area is 368 Å². The highest BCUT2D eigenvalue weighted by Gasteiger charge is 2.30. The van der Waals surface area contributed by atoms with Crippen LogP contribution in [0.15, 0.2) is 188 Å². The Hall–Kier alpha value is -6.68.